The van der Waals surface area contributed by atoms with Crippen molar-refractivity contribution in [3.05, 3.63) is 58.6 Å². The van der Waals surface area contributed by atoms with E-state index in [1.54, 1.807) is 49.5 Å². The number of fused-ring (bicyclic) bond motifs is 3. The highest BCUT2D eigenvalue weighted by atomic mass is 79.9. The number of anilines is 2. The number of para-hydroxylation sites is 1. The molecule has 0 radical (unpaired) electrons. The van der Waals surface area contributed by atoms with Crippen LogP contribution >= 0.6 is 15.9 Å². The summed E-state index contributed by atoms with van der Waals surface area (Å²) in [6.07, 6.45) is 0.458. The van der Waals surface area contributed by atoms with Gasteiger partial charge in [0.1, 0.15) is 0 Å². The fraction of sp³-hybridized carbons (Fsp3) is 0.211. The highest BCUT2D eigenvalue weighted by Gasteiger charge is 2.59. The van der Waals surface area contributed by atoms with Crippen molar-refractivity contribution >= 4 is 45.0 Å². The molecule has 2 aliphatic rings. The fourth-order valence-electron chi connectivity index (χ4n) is 3.73. The molecular weight excluding hydrogens is 398 g/mol. The van der Waals surface area contributed by atoms with Gasteiger partial charge >= 0.3 is 0 Å². The van der Waals surface area contributed by atoms with Crippen molar-refractivity contribution in [2.45, 2.75) is 18.5 Å². The quantitative estimate of drug-likeness (QED) is 0.822. The molecule has 6 nitrogen and oxygen atoms in total. The molecule has 2 heterocycles. The highest BCUT2D eigenvalue weighted by Crippen LogP contribution is 2.44. The van der Waals surface area contributed by atoms with Crippen LogP contribution < -0.4 is 10.2 Å². The van der Waals surface area contributed by atoms with Crippen LogP contribution in [0.25, 0.3) is 0 Å². The van der Waals surface area contributed by atoms with E-state index in [2.05, 4.69) is 21.2 Å². The zero-order chi connectivity index (χ0) is 18.5. The molecule has 4 rings (SSSR count). The Morgan fingerprint density at radius 3 is 2.69 bits per heavy atom. The lowest BCUT2D eigenvalue weighted by Crippen LogP contribution is -2.68. The third-order valence-corrected chi connectivity index (χ3v) is 5.48. The summed E-state index contributed by atoms with van der Waals surface area (Å²) >= 11 is 3.37. The lowest BCUT2D eigenvalue weighted by Gasteiger charge is -2.47. The highest BCUT2D eigenvalue weighted by molar-refractivity contribution is 9.10. The van der Waals surface area contributed by atoms with E-state index in [-0.39, 0.29) is 24.7 Å². The second kappa shape index (κ2) is 5.95. The average Bonchev–Trinajstić information content (AvgIpc) is 2.98. The Morgan fingerprint density at radius 1 is 1.15 bits per heavy atom. The van der Waals surface area contributed by atoms with Crippen LogP contribution in [0.2, 0.25) is 0 Å². The van der Waals surface area contributed by atoms with Crippen LogP contribution in [0, 0.1) is 0 Å². The number of benzene rings is 2. The van der Waals surface area contributed by atoms with Crippen molar-refractivity contribution in [1.82, 2.24) is 4.90 Å². The predicted molar refractivity (Wildman–Crippen MR) is 101 cm³/mol. The van der Waals surface area contributed by atoms with Crippen molar-refractivity contribution in [1.29, 1.82) is 0 Å². The maximum Gasteiger partial charge on any atom is 0.271 e. The second-order valence-electron chi connectivity index (χ2n) is 6.39. The Labute approximate surface area is 158 Å². The van der Waals surface area contributed by atoms with Gasteiger partial charge in [-0.2, -0.15) is 0 Å². The van der Waals surface area contributed by atoms with E-state index in [0.717, 1.165) is 4.47 Å². The number of likely N-dealkylation sites (N-methyl/N-ethyl adjacent to an activating group) is 1. The summed E-state index contributed by atoms with van der Waals surface area (Å²) < 4.78 is 0.825. The van der Waals surface area contributed by atoms with E-state index in [9.17, 15) is 14.4 Å². The number of carbonyl (C=O) groups excluding carboxylic acids is 3. The molecule has 132 valence electrons. The first-order valence-electron chi connectivity index (χ1n) is 8.22. The van der Waals surface area contributed by atoms with E-state index < -0.39 is 11.6 Å². The van der Waals surface area contributed by atoms with Gasteiger partial charge in [0.05, 0.1) is 11.3 Å². The van der Waals surface area contributed by atoms with E-state index in [4.69, 9.17) is 0 Å². The first-order chi connectivity index (χ1) is 12.4. The minimum absolute atomic E-state index is 0.166. The Morgan fingerprint density at radius 2 is 1.92 bits per heavy atom. The molecular formula is C19H16BrN3O3. The van der Waals surface area contributed by atoms with Crippen LogP contribution in [0.1, 0.15) is 23.2 Å². The number of hydrogen-bond donors (Lipinski definition) is 1. The lowest BCUT2D eigenvalue weighted by atomic mass is 9.96. The largest absolute Gasteiger partial charge is 0.322 e. The maximum absolute atomic E-state index is 13.3. The third kappa shape index (κ3) is 2.27. The summed E-state index contributed by atoms with van der Waals surface area (Å²) in [6, 6.07) is 14.1. The molecule has 7 heteroatoms. The summed E-state index contributed by atoms with van der Waals surface area (Å²) in [5.41, 5.74) is 0.154. The Balaban J connectivity index is 1.81. The molecule has 26 heavy (non-hydrogen) atoms. The van der Waals surface area contributed by atoms with Crippen molar-refractivity contribution in [2.75, 3.05) is 17.3 Å². The van der Waals surface area contributed by atoms with Crippen LogP contribution in [-0.2, 0) is 9.59 Å². The number of carbonyl (C=O) groups is 3. The van der Waals surface area contributed by atoms with E-state index >= 15 is 0 Å². The van der Waals surface area contributed by atoms with Crippen molar-refractivity contribution < 1.29 is 14.4 Å². The third-order valence-electron chi connectivity index (χ3n) is 4.99. The predicted octanol–water partition coefficient (Wildman–Crippen LogP) is 3.00. The molecule has 0 unspecified atom stereocenters. The standard InChI is InChI=1S/C19H16BrN3O3/c1-22-17(25)14-7-2-3-8-15(14)23-16(24)9-10-19(22,23)18(26)21-13-6-4-5-12(20)11-13/h2-8,11H,9-10H2,1H3,(H,21,26)/t19-/m1/s1. The molecule has 3 amide bonds. The normalized spacial score (nSPS) is 21.5. The molecule has 2 aliphatic heterocycles. The van der Waals surface area contributed by atoms with Gasteiger partial charge in [-0.25, -0.2) is 0 Å². The van der Waals surface area contributed by atoms with Gasteiger partial charge in [0.25, 0.3) is 11.8 Å². The summed E-state index contributed by atoms with van der Waals surface area (Å²) in [4.78, 5) is 41.7. The molecule has 1 N–H and O–H groups in total. The first kappa shape index (κ1) is 16.8. The fourth-order valence-corrected chi connectivity index (χ4v) is 4.12. The summed E-state index contributed by atoms with van der Waals surface area (Å²) in [6.45, 7) is 0. The molecule has 0 spiro atoms. The molecule has 0 saturated carbocycles. The minimum atomic E-state index is -1.36. The number of halogens is 1. The van der Waals surface area contributed by atoms with Crippen molar-refractivity contribution in [2.24, 2.45) is 0 Å². The monoisotopic (exact) mass is 413 g/mol. The molecule has 2 aromatic rings. The van der Waals surface area contributed by atoms with Gasteiger partial charge in [-0.3, -0.25) is 19.3 Å². The SMILES string of the molecule is CN1C(=O)c2ccccc2N2C(=O)CC[C@@]12C(=O)Nc1cccc(Br)c1. The number of hydrogen-bond acceptors (Lipinski definition) is 3. The smallest absolute Gasteiger partial charge is 0.271 e. The molecule has 1 saturated heterocycles. The van der Waals surface area contributed by atoms with Crippen LogP contribution in [-0.4, -0.2) is 35.3 Å². The van der Waals surface area contributed by atoms with Crippen molar-refractivity contribution in [3.8, 4) is 0 Å². The van der Waals surface area contributed by atoms with Gasteiger partial charge in [0.2, 0.25) is 11.6 Å². The van der Waals surface area contributed by atoms with Crippen molar-refractivity contribution in [3.63, 3.8) is 0 Å². The lowest BCUT2D eigenvalue weighted by molar-refractivity contribution is -0.128. The van der Waals surface area contributed by atoms with E-state index in [1.165, 1.54) is 9.80 Å². The molecule has 0 aromatic heterocycles. The number of amides is 3. The summed E-state index contributed by atoms with van der Waals surface area (Å²) in [5, 5.41) is 2.86. The Kier molecular flexibility index (Phi) is 3.84. The molecule has 1 fully saturated rings. The van der Waals surface area contributed by atoms with Gasteiger partial charge in [-0.05, 0) is 30.3 Å². The zero-order valence-corrected chi connectivity index (χ0v) is 15.6. The van der Waals surface area contributed by atoms with E-state index in [0.29, 0.717) is 16.9 Å². The van der Waals surface area contributed by atoms with Gasteiger partial charge in [-0.1, -0.05) is 34.1 Å². The molecule has 2 aromatic carbocycles. The van der Waals surface area contributed by atoms with Gasteiger partial charge in [0, 0.05) is 30.0 Å². The van der Waals surface area contributed by atoms with Gasteiger partial charge < -0.3 is 10.2 Å². The Bertz CT molecular complexity index is 945. The molecule has 0 bridgehead atoms. The maximum atomic E-state index is 13.3. The number of nitrogens with one attached hydrogen (secondary N) is 1. The number of rotatable bonds is 2. The summed E-state index contributed by atoms with van der Waals surface area (Å²) in [7, 11) is 1.57. The molecule has 1 atom stereocenters. The van der Waals surface area contributed by atoms with Gasteiger partial charge in [-0.15, -0.1) is 0 Å². The topological polar surface area (TPSA) is 69.7 Å². The second-order valence-corrected chi connectivity index (χ2v) is 7.31. The molecule has 0 aliphatic carbocycles. The summed E-state index contributed by atoms with van der Waals surface area (Å²) in [5.74, 6) is -0.830. The van der Waals surface area contributed by atoms with Crippen LogP contribution in [0.15, 0.2) is 53.0 Å². The minimum Gasteiger partial charge on any atom is -0.322 e. The van der Waals surface area contributed by atoms with E-state index in [1.807, 2.05) is 6.07 Å². The Hall–Kier alpha value is -2.67. The zero-order valence-electron chi connectivity index (χ0n) is 14.0. The van der Waals surface area contributed by atoms with Crippen LogP contribution in [0.5, 0.6) is 0 Å². The number of nitrogens with zero attached hydrogens (tertiary/aromatic N) is 2. The van der Waals surface area contributed by atoms with Crippen LogP contribution in [0.4, 0.5) is 11.4 Å². The van der Waals surface area contributed by atoms with Crippen LogP contribution in [0.3, 0.4) is 0 Å². The first-order valence-corrected chi connectivity index (χ1v) is 9.02. The average molecular weight is 414 g/mol. The van der Waals surface area contributed by atoms with Gasteiger partial charge in [0.15, 0.2) is 0 Å².